The fourth-order valence-electron chi connectivity index (χ4n) is 10.2. The minimum atomic E-state index is -4.83. The van der Waals surface area contributed by atoms with Gasteiger partial charge in [0.1, 0.15) is 24.4 Å². The van der Waals surface area contributed by atoms with Crippen LogP contribution in [0.15, 0.2) is 11.6 Å². The average molecular weight is 667 g/mol. The summed E-state index contributed by atoms with van der Waals surface area (Å²) in [5.74, 6) is 3.17. The first-order valence-corrected chi connectivity index (χ1v) is 18.4. The van der Waals surface area contributed by atoms with Crippen LogP contribution in [0.4, 0.5) is 0 Å². The molecule has 0 bridgehead atoms. The second kappa shape index (κ2) is 14.8. The quantitative estimate of drug-likeness (QED) is 0.127. The molecule has 3 saturated carbocycles. The van der Waals surface area contributed by atoms with Gasteiger partial charge in [0.25, 0.3) is 7.82 Å². The van der Waals surface area contributed by atoms with Gasteiger partial charge in [-0.1, -0.05) is 65.5 Å². The van der Waals surface area contributed by atoms with E-state index in [1.54, 1.807) is 0 Å². The van der Waals surface area contributed by atoms with Crippen molar-refractivity contribution in [3.05, 3.63) is 11.6 Å². The number of fused-ring (bicyclic) bond motifs is 5. The van der Waals surface area contributed by atoms with Gasteiger partial charge < -0.3 is 44.2 Å². The number of phosphoric ester groups is 1. The van der Waals surface area contributed by atoms with Crippen LogP contribution in [0, 0.1) is 46.3 Å². The Bertz CT molecular complexity index is 1090. The van der Waals surface area contributed by atoms with Gasteiger partial charge in [-0.25, -0.2) is 0 Å². The molecule has 5 N–H and O–H groups in total. The molecular formula is C33H56NaO10P. The van der Waals surface area contributed by atoms with Crippen LogP contribution in [0.1, 0.15) is 98.8 Å². The van der Waals surface area contributed by atoms with Gasteiger partial charge in [-0.3, -0.25) is 4.57 Å². The summed E-state index contributed by atoms with van der Waals surface area (Å²) in [7, 11) is -4.83. The predicted molar refractivity (Wildman–Crippen MR) is 162 cm³/mol. The summed E-state index contributed by atoms with van der Waals surface area (Å²) in [6.07, 6.45) is 2.73. The normalized spacial score (nSPS) is 46.7. The molecule has 0 spiro atoms. The maximum absolute atomic E-state index is 12.8. The fourth-order valence-corrected chi connectivity index (χ4v) is 11.1. The topological polar surface area (TPSA) is 169 Å². The first-order valence-electron chi connectivity index (χ1n) is 17.0. The van der Waals surface area contributed by atoms with Gasteiger partial charge in [-0.2, -0.15) is 0 Å². The van der Waals surface area contributed by atoms with Gasteiger partial charge in [-0.05, 0) is 91.3 Å². The second-order valence-corrected chi connectivity index (χ2v) is 17.0. The smallest absolute Gasteiger partial charge is 0.756 e. The minimum absolute atomic E-state index is 0. The molecule has 254 valence electrons. The van der Waals surface area contributed by atoms with Crippen molar-refractivity contribution in [3.8, 4) is 0 Å². The third kappa shape index (κ3) is 7.69. The average Bonchev–Trinajstić information content (AvgIpc) is 3.30. The third-order valence-electron chi connectivity index (χ3n) is 12.6. The van der Waals surface area contributed by atoms with E-state index in [9.17, 15) is 35.0 Å². The number of phosphoric acid groups is 1. The zero-order valence-electron chi connectivity index (χ0n) is 28.1. The van der Waals surface area contributed by atoms with Crippen LogP contribution in [0.5, 0.6) is 0 Å². The van der Waals surface area contributed by atoms with Crippen LogP contribution >= 0.6 is 7.82 Å². The molecular weight excluding hydrogens is 610 g/mol. The molecule has 1 saturated heterocycles. The van der Waals surface area contributed by atoms with Crippen LogP contribution in [-0.2, 0) is 18.3 Å². The number of hydrogen-bond acceptors (Lipinski definition) is 10. The van der Waals surface area contributed by atoms with Crippen LogP contribution in [0.2, 0.25) is 0 Å². The van der Waals surface area contributed by atoms with E-state index in [0.29, 0.717) is 36.5 Å². The Morgan fingerprint density at radius 3 is 2.38 bits per heavy atom. The van der Waals surface area contributed by atoms with Crippen molar-refractivity contribution in [2.75, 3.05) is 6.61 Å². The van der Waals surface area contributed by atoms with E-state index >= 15 is 0 Å². The van der Waals surface area contributed by atoms with Crippen molar-refractivity contribution in [2.24, 2.45) is 46.3 Å². The molecule has 45 heavy (non-hydrogen) atoms. The van der Waals surface area contributed by atoms with Gasteiger partial charge >= 0.3 is 29.6 Å². The Kier molecular flexibility index (Phi) is 12.7. The van der Waals surface area contributed by atoms with Crippen LogP contribution in [-0.4, -0.2) is 75.1 Å². The third-order valence-corrected chi connectivity index (χ3v) is 13.7. The van der Waals surface area contributed by atoms with Crippen molar-refractivity contribution < 1.29 is 78.3 Å². The maximum Gasteiger partial charge on any atom is 1.00 e. The Hall–Kier alpha value is 0.610. The van der Waals surface area contributed by atoms with Crippen LogP contribution in [0.25, 0.3) is 0 Å². The van der Waals surface area contributed by atoms with Crippen molar-refractivity contribution in [1.82, 2.24) is 0 Å². The minimum Gasteiger partial charge on any atom is -0.756 e. The van der Waals surface area contributed by atoms with Gasteiger partial charge in [0.2, 0.25) is 0 Å². The molecule has 15 atom stereocenters. The van der Waals surface area contributed by atoms with E-state index < -0.39 is 57.3 Å². The van der Waals surface area contributed by atoms with Crippen molar-refractivity contribution >= 4 is 7.82 Å². The van der Waals surface area contributed by atoms with Gasteiger partial charge in [0, 0.05) is 0 Å². The Morgan fingerprint density at radius 2 is 1.69 bits per heavy atom. The summed E-state index contributed by atoms with van der Waals surface area (Å²) in [6.45, 7) is 11.1. The molecule has 12 heteroatoms. The number of aliphatic hydroxyl groups excluding tert-OH is 5. The largest absolute Gasteiger partial charge is 1.00 e. The molecule has 5 rings (SSSR count). The molecule has 4 fully saturated rings. The van der Waals surface area contributed by atoms with E-state index in [1.165, 1.54) is 38.5 Å². The predicted octanol–water partition coefficient (Wildman–Crippen LogP) is 0.673. The summed E-state index contributed by atoms with van der Waals surface area (Å²) in [6, 6.07) is 0. The maximum atomic E-state index is 12.8. The molecule has 4 aliphatic carbocycles. The van der Waals surface area contributed by atoms with E-state index in [0.717, 1.165) is 24.3 Å². The molecule has 0 amide bonds. The molecule has 0 aromatic heterocycles. The van der Waals surface area contributed by atoms with Gasteiger partial charge in [0.05, 0.1) is 18.8 Å². The molecule has 1 heterocycles. The molecule has 0 radical (unpaired) electrons. The zero-order chi connectivity index (χ0) is 32.2. The Morgan fingerprint density at radius 1 is 0.978 bits per heavy atom. The van der Waals surface area contributed by atoms with Crippen molar-refractivity contribution in [3.63, 3.8) is 0 Å². The molecule has 5 aliphatic rings. The monoisotopic (exact) mass is 666 g/mol. The summed E-state index contributed by atoms with van der Waals surface area (Å²) >= 11 is 0. The summed E-state index contributed by atoms with van der Waals surface area (Å²) in [5, 5.41) is 50.9. The van der Waals surface area contributed by atoms with E-state index in [-0.39, 0.29) is 46.3 Å². The summed E-state index contributed by atoms with van der Waals surface area (Å²) in [4.78, 5) is 12.8. The number of aliphatic hydroxyl groups is 5. The molecule has 10 nitrogen and oxygen atoms in total. The SMILES string of the molecule is CC(C)CCC[C@@H](C)[C@H]1CC[C@H]2[C@@H]3[C@@H](O)C=C4C[C@@H](OP(=O)([O-])OC[C@H]5O[C@H](O)[C@H](O)[C@@H](O)[C@H]5O)CC[C@]4(C)[C@H]3CC[C@]12C.[Na+]. The van der Waals surface area contributed by atoms with Crippen molar-refractivity contribution in [1.29, 1.82) is 0 Å². The van der Waals surface area contributed by atoms with Gasteiger partial charge in [0.15, 0.2) is 6.29 Å². The second-order valence-electron chi connectivity index (χ2n) is 15.7. The first-order chi connectivity index (χ1) is 20.6. The summed E-state index contributed by atoms with van der Waals surface area (Å²) in [5.41, 5.74) is 1.19. The van der Waals surface area contributed by atoms with Gasteiger partial charge in [-0.15, -0.1) is 0 Å². The number of ether oxygens (including phenoxy) is 1. The number of hydrogen-bond donors (Lipinski definition) is 5. The van der Waals surface area contributed by atoms with Crippen molar-refractivity contribution in [2.45, 2.75) is 142 Å². The zero-order valence-corrected chi connectivity index (χ0v) is 31.0. The van der Waals surface area contributed by atoms with Crippen LogP contribution < -0.4 is 34.5 Å². The molecule has 1 unspecified atom stereocenters. The summed E-state index contributed by atoms with van der Waals surface area (Å²) < 4.78 is 28.2. The Labute approximate surface area is 291 Å². The molecule has 0 aromatic rings. The van der Waals surface area contributed by atoms with Crippen LogP contribution in [0.3, 0.4) is 0 Å². The fraction of sp³-hybridized carbons (Fsp3) is 0.939. The molecule has 1 aliphatic heterocycles. The Balaban J connectivity index is 0.00000461. The standard InChI is InChI=1S/C33H57O10P.Na/c1-18(2)7-6-8-19(3)22-9-10-23-27-24(12-14-33(22,23)5)32(4)13-11-21(15-20(32)16-25(27)34)43-44(39,40)41-17-26-28(35)29(36)30(37)31(38)42-26;/h16,18-19,21-31,34-38H,6-15,17H2,1-5H3,(H,39,40);/q;+1/p-1/t19-,21+,22-,23+,24+,25+,26-,27+,28+,29+,30-,31+,32+,33-;/m1./s1. The number of rotatable bonds is 10. The van der Waals surface area contributed by atoms with E-state index in [1.807, 2.05) is 6.08 Å². The molecule has 0 aromatic carbocycles. The van der Waals surface area contributed by atoms with E-state index in [4.69, 9.17) is 13.8 Å². The first kappa shape index (κ1) is 38.4. The van der Waals surface area contributed by atoms with E-state index in [2.05, 4.69) is 34.6 Å².